The zero-order valence-corrected chi connectivity index (χ0v) is 19.4. The van der Waals surface area contributed by atoms with Gasteiger partial charge >= 0.3 is 0 Å². The Bertz CT molecular complexity index is 1160. The number of ether oxygens (including phenoxy) is 2. The van der Waals surface area contributed by atoms with E-state index in [-0.39, 0.29) is 30.3 Å². The lowest BCUT2D eigenvalue weighted by Gasteiger charge is -2.35. The first-order chi connectivity index (χ1) is 16.5. The largest absolute Gasteiger partial charge is 0.383 e. The Hall–Kier alpha value is -3.30. The number of piperidine rings is 1. The topological polar surface area (TPSA) is 85.7 Å². The number of methoxy groups -OCH3 is 2. The molecule has 1 unspecified atom stereocenters. The van der Waals surface area contributed by atoms with Crippen LogP contribution in [0.15, 0.2) is 42.7 Å². The molecule has 34 heavy (non-hydrogen) atoms. The Morgan fingerprint density at radius 1 is 1.15 bits per heavy atom. The maximum atomic E-state index is 13.9. The molecule has 0 radical (unpaired) electrons. The molecule has 8 nitrogen and oxygen atoms in total. The number of anilines is 1. The Labute approximate surface area is 197 Å². The van der Waals surface area contributed by atoms with Gasteiger partial charge in [0.2, 0.25) is 5.91 Å². The number of nitrogens with zero attached hydrogens (tertiary/aromatic N) is 3. The number of likely N-dealkylation sites (tertiary alicyclic amines) is 1. The maximum Gasteiger partial charge on any atom is 0.256 e. The van der Waals surface area contributed by atoms with Gasteiger partial charge in [-0.3, -0.25) is 9.59 Å². The van der Waals surface area contributed by atoms with Crippen LogP contribution in [0.4, 0.5) is 10.1 Å². The highest BCUT2D eigenvalue weighted by Gasteiger charge is 2.30. The van der Waals surface area contributed by atoms with E-state index >= 15 is 0 Å². The highest BCUT2D eigenvalue weighted by molar-refractivity contribution is 6.07. The summed E-state index contributed by atoms with van der Waals surface area (Å²) < 4.78 is 25.5. The van der Waals surface area contributed by atoms with Crippen LogP contribution in [0, 0.1) is 5.82 Å². The SMILES string of the molecule is COCC(=O)Nc1cc(C(=O)N2CCCCC2COC)c2c(c1)ncn2Cc1ccc(F)cc1. The minimum Gasteiger partial charge on any atom is -0.383 e. The molecule has 1 aromatic heterocycles. The van der Waals surface area contributed by atoms with Gasteiger partial charge in [-0.1, -0.05) is 12.1 Å². The summed E-state index contributed by atoms with van der Waals surface area (Å²) in [6.07, 6.45) is 4.51. The quantitative estimate of drug-likeness (QED) is 0.547. The van der Waals surface area contributed by atoms with Crippen molar-refractivity contribution >= 4 is 28.5 Å². The molecule has 9 heteroatoms. The van der Waals surface area contributed by atoms with Gasteiger partial charge in [0.1, 0.15) is 12.4 Å². The van der Waals surface area contributed by atoms with E-state index in [1.165, 1.54) is 19.2 Å². The number of imidazole rings is 1. The van der Waals surface area contributed by atoms with E-state index in [4.69, 9.17) is 9.47 Å². The first-order valence-corrected chi connectivity index (χ1v) is 11.3. The summed E-state index contributed by atoms with van der Waals surface area (Å²) >= 11 is 0. The van der Waals surface area contributed by atoms with E-state index in [1.807, 2.05) is 9.47 Å². The average molecular weight is 469 g/mol. The van der Waals surface area contributed by atoms with Crippen LogP contribution in [0.2, 0.25) is 0 Å². The minimum absolute atomic E-state index is 0.0125. The second-order valence-corrected chi connectivity index (χ2v) is 8.48. The van der Waals surface area contributed by atoms with Gasteiger partial charge in [-0.25, -0.2) is 9.37 Å². The van der Waals surface area contributed by atoms with Crippen LogP contribution in [-0.2, 0) is 20.8 Å². The van der Waals surface area contributed by atoms with E-state index in [1.54, 1.807) is 37.7 Å². The standard InChI is InChI=1S/C25H29FN4O4/c1-33-14-20-5-3-4-10-30(20)25(32)21-11-19(28-23(31)15-34-2)12-22-24(21)29(16-27-22)13-17-6-8-18(26)9-7-17/h6-9,11-12,16,20H,3-5,10,13-15H2,1-2H3,(H,28,31). The van der Waals surface area contributed by atoms with Gasteiger partial charge in [-0.2, -0.15) is 0 Å². The fourth-order valence-corrected chi connectivity index (χ4v) is 4.47. The average Bonchev–Trinajstić information content (AvgIpc) is 3.23. The van der Waals surface area contributed by atoms with Gasteiger partial charge in [0.05, 0.1) is 35.6 Å². The predicted octanol–water partition coefficient (Wildman–Crippen LogP) is 3.45. The van der Waals surface area contributed by atoms with Crippen LogP contribution in [0.1, 0.15) is 35.2 Å². The number of rotatable bonds is 8. The van der Waals surface area contributed by atoms with Crippen molar-refractivity contribution in [2.24, 2.45) is 0 Å². The van der Waals surface area contributed by atoms with Gasteiger partial charge in [-0.15, -0.1) is 0 Å². The molecular formula is C25H29FN4O4. The summed E-state index contributed by atoms with van der Waals surface area (Å²) in [5, 5.41) is 2.78. The van der Waals surface area contributed by atoms with Gasteiger partial charge in [0, 0.05) is 33.0 Å². The lowest BCUT2D eigenvalue weighted by Crippen LogP contribution is -2.46. The molecule has 1 aliphatic rings. The number of hydrogen-bond donors (Lipinski definition) is 1. The Morgan fingerprint density at radius 2 is 1.94 bits per heavy atom. The molecule has 0 spiro atoms. The van der Waals surface area contributed by atoms with Crippen LogP contribution < -0.4 is 5.32 Å². The van der Waals surface area contributed by atoms with E-state index in [0.717, 1.165) is 24.8 Å². The second-order valence-electron chi connectivity index (χ2n) is 8.48. The molecule has 2 heterocycles. The molecule has 1 fully saturated rings. The van der Waals surface area contributed by atoms with E-state index < -0.39 is 0 Å². The van der Waals surface area contributed by atoms with Gasteiger partial charge in [-0.05, 0) is 49.1 Å². The van der Waals surface area contributed by atoms with Crippen molar-refractivity contribution in [2.75, 3.05) is 39.3 Å². The number of carbonyl (C=O) groups excluding carboxylic acids is 2. The number of aromatic nitrogens is 2. The van der Waals surface area contributed by atoms with Crippen LogP contribution in [0.3, 0.4) is 0 Å². The van der Waals surface area contributed by atoms with Crippen LogP contribution in [-0.4, -0.2) is 66.3 Å². The normalized spacial score (nSPS) is 16.1. The number of carbonyl (C=O) groups is 2. The zero-order valence-electron chi connectivity index (χ0n) is 19.4. The third-order valence-electron chi connectivity index (χ3n) is 6.02. The number of fused-ring (bicyclic) bond motifs is 1. The molecule has 4 rings (SSSR count). The third-order valence-corrected chi connectivity index (χ3v) is 6.02. The van der Waals surface area contributed by atoms with Crippen LogP contribution >= 0.6 is 0 Å². The Kier molecular flexibility index (Phi) is 7.54. The fourth-order valence-electron chi connectivity index (χ4n) is 4.47. The third kappa shape index (κ3) is 5.26. The van der Waals surface area contributed by atoms with Crippen molar-refractivity contribution in [3.8, 4) is 0 Å². The molecule has 0 saturated carbocycles. The van der Waals surface area contributed by atoms with Crippen molar-refractivity contribution in [1.29, 1.82) is 0 Å². The van der Waals surface area contributed by atoms with Gasteiger partial charge < -0.3 is 24.3 Å². The summed E-state index contributed by atoms with van der Waals surface area (Å²) in [7, 11) is 3.08. The highest BCUT2D eigenvalue weighted by atomic mass is 19.1. The molecule has 1 N–H and O–H groups in total. The summed E-state index contributed by atoms with van der Waals surface area (Å²) in [4.78, 5) is 32.4. The zero-order chi connectivity index (χ0) is 24.1. The number of benzene rings is 2. The predicted molar refractivity (Wildman–Crippen MR) is 126 cm³/mol. The molecule has 1 saturated heterocycles. The molecule has 180 valence electrons. The smallest absolute Gasteiger partial charge is 0.256 e. The van der Waals surface area contributed by atoms with E-state index in [0.29, 0.717) is 42.0 Å². The number of halogens is 1. The molecule has 2 aromatic carbocycles. The molecule has 1 atom stereocenters. The first-order valence-electron chi connectivity index (χ1n) is 11.3. The monoisotopic (exact) mass is 468 g/mol. The summed E-state index contributed by atoms with van der Waals surface area (Å²) in [6.45, 7) is 1.44. The van der Waals surface area contributed by atoms with Crippen molar-refractivity contribution < 1.29 is 23.5 Å². The molecular weight excluding hydrogens is 439 g/mol. The molecule has 0 bridgehead atoms. The number of nitrogens with one attached hydrogen (secondary N) is 1. The van der Waals surface area contributed by atoms with E-state index in [2.05, 4.69) is 10.3 Å². The van der Waals surface area contributed by atoms with Crippen LogP contribution in [0.5, 0.6) is 0 Å². The van der Waals surface area contributed by atoms with Crippen molar-refractivity contribution in [2.45, 2.75) is 31.8 Å². The van der Waals surface area contributed by atoms with Crippen molar-refractivity contribution in [3.05, 3.63) is 59.7 Å². The minimum atomic E-state index is -0.318. The first kappa shape index (κ1) is 23.8. The maximum absolute atomic E-state index is 13.9. The second kappa shape index (κ2) is 10.8. The lowest BCUT2D eigenvalue weighted by molar-refractivity contribution is -0.119. The Morgan fingerprint density at radius 3 is 2.68 bits per heavy atom. The summed E-state index contributed by atoms with van der Waals surface area (Å²) in [6, 6.07) is 9.66. The molecule has 1 aliphatic heterocycles. The molecule has 3 aromatic rings. The lowest BCUT2D eigenvalue weighted by atomic mass is 10.0. The Balaban J connectivity index is 1.76. The number of hydrogen-bond acceptors (Lipinski definition) is 5. The number of amides is 2. The van der Waals surface area contributed by atoms with Crippen LogP contribution in [0.25, 0.3) is 11.0 Å². The van der Waals surface area contributed by atoms with Gasteiger partial charge in [0.15, 0.2) is 0 Å². The van der Waals surface area contributed by atoms with Gasteiger partial charge in [0.25, 0.3) is 5.91 Å². The highest BCUT2D eigenvalue weighted by Crippen LogP contribution is 2.28. The fraction of sp³-hybridized carbons (Fsp3) is 0.400. The van der Waals surface area contributed by atoms with Crippen molar-refractivity contribution in [3.63, 3.8) is 0 Å². The molecule has 2 amide bonds. The molecule has 0 aliphatic carbocycles. The summed E-state index contributed by atoms with van der Waals surface area (Å²) in [5.74, 6) is -0.752. The summed E-state index contributed by atoms with van der Waals surface area (Å²) in [5.41, 5.74) is 3.06. The van der Waals surface area contributed by atoms with E-state index in [9.17, 15) is 14.0 Å². The van der Waals surface area contributed by atoms with Crippen molar-refractivity contribution in [1.82, 2.24) is 14.5 Å².